The second kappa shape index (κ2) is 5.93. The van der Waals surface area contributed by atoms with Crippen molar-refractivity contribution < 1.29 is 9.53 Å². The van der Waals surface area contributed by atoms with Gasteiger partial charge in [-0.05, 0) is 36.2 Å². The SMILES string of the molecule is COc1ccc2[nH]cc(CCNC(=O)c3ccnn3C)c2c1. The number of hydrogen-bond acceptors (Lipinski definition) is 3. The zero-order valence-electron chi connectivity index (χ0n) is 12.6. The van der Waals surface area contributed by atoms with Crippen LogP contribution < -0.4 is 10.1 Å². The molecule has 0 bridgehead atoms. The number of benzene rings is 1. The Morgan fingerprint density at radius 1 is 1.41 bits per heavy atom. The Kier molecular flexibility index (Phi) is 3.82. The van der Waals surface area contributed by atoms with Gasteiger partial charge in [0.05, 0.1) is 7.11 Å². The molecule has 3 aromatic rings. The molecule has 1 aromatic carbocycles. The van der Waals surface area contributed by atoms with Gasteiger partial charge < -0.3 is 15.0 Å². The van der Waals surface area contributed by atoms with Crippen LogP contribution in [0.2, 0.25) is 0 Å². The van der Waals surface area contributed by atoms with Gasteiger partial charge in [-0.2, -0.15) is 5.10 Å². The van der Waals surface area contributed by atoms with Gasteiger partial charge in [0.2, 0.25) is 0 Å². The van der Waals surface area contributed by atoms with Crippen LogP contribution in [0.25, 0.3) is 10.9 Å². The van der Waals surface area contributed by atoms with Gasteiger partial charge in [-0.15, -0.1) is 0 Å². The molecule has 2 aromatic heterocycles. The first-order chi connectivity index (χ1) is 10.7. The summed E-state index contributed by atoms with van der Waals surface area (Å²) in [6.07, 6.45) is 4.33. The maximum absolute atomic E-state index is 12.0. The van der Waals surface area contributed by atoms with Crippen molar-refractivity contribution in [1.82, 2.24) is 20.1 Å². The molecule has 0 saturated heterocycles. The summed E-state index contributed by atoms with van der Waals surface area (Å²) in [5, 5.41) is 8.02. The maximum atomic E-state index is 12.0. The first kappa shape index (κ1) is 14.2. The van der Waals surface area contributed by atoms with Gasteiger partial charge in [0.1, 0.15) is 11.4 Å². The van der Waals surface area contributed by atoms with Gasteiger partial charge in [-0.25, -0.2) is 0 Å². The maximum Gasteiger partial charge on any atom is 0.269 e. The molecule has 22 heavy (non-hydrogen) atoms. The summed E-state index contributed by atoms with van der Waals surface area (Å²) in [7, 11) is 3.41. The quantitative estimate of drug-likeness (QED) is 0.755. The molecule has 0 unspecified atom stereocenters. The number of amides is 1. The molecular formula is C16H18N4O2. The predicted octanol–water partition coefficient (Wildman–Crippen LogP) is 1.88. The summed E-state index contributed by atoms with van der Waals surface area (Å²) < 4.78 is 6.82. The number of nitrogens with zero attached hydrogens (tertiary/aromatic N) is 2. The Balaban J connectivity index is 1.67. The number of ether oxygens (including phenoxy) is 1. The minimum atomic E-state index is -0.113. The van der Waals surface area contributed by atoms with Crippen molar-refractivity contribution in [3.05, 3.63) is 47.9 Å². The first-order valence-electron chi connectivity index (χ1n) is 7.09. The molecule has 6 nitrogen and oxygen atoms in total. The Bertz CT molecular complexity index is 803. The summed E-state index contributed by atoms with van der Waals surface area (Å²) in [5.41, 5.74) is 2.77. The average molecular weight is 298 g/mol. The van der Waals surface area contributed by atoms with Gasteiger partial charge in [-0.3, -0.25) is 9.48 Å². The third kappa shape index (κ3) is 2.67. The second-order valence-electron chi connectivity index (χ2n) is 5.07. The molecule has 0 spiro atoms. The topological polar surface area (TPSA) is 71.9 Å². The molecule has 0 saturated carbocycles. The van der Waals surface area contributed by atoms with Gasteiger partial charge in [-0.1, -0.05) is 0 Å². The fourth-order valence-electron chi connectivity index (χ4n) is 2.49. The van der Waals surface area contributed by atoms with Crippen LogP contribution in [0.4, 0.5) is 0 Å². The molecule has 6 heteroatoms. The zero-order valence-corrected chi connectivity index (χ0v) is 12.6. The highest BCUT2D eigenvalue weighted by Crippen LogP contribution is 2.23. The number of rotatable bonds is 5. The third-order valence-corrected chi connectivity index (χ3v) is 3.71. The van der Waals surface area contributed by atoms with E-state index in [0.29, 0.717) is 12.2 Å². The van der Waals surface area contributed by atoms with E-state index in [-0.39, 0.29) is 5.91 Å². The van der Waals surface area contributed by atoms with E-state index in [0.717, 1.165) is 28.6 Å². The molecule has 2 N–H and O–H groups in total. The van der Waals surface area contributed by atoms with E-state index in [9.17, 15) is 4.79 Å². The molecule has 1 amide bonds. The number of fused-ring (bicyclic) bond motifs is 1. The van der Waals surface area contributed by atoms with Crippen molar-refractivity contribution in [3.63, 3.8) is 0 Å². The number of H-pyrrole nitrogens is 1. The highest BCUT2D eigenvalue weighted by Gasteiger charge is 2.10. The normalized spacial score (nSPS) is 10.8. The van der Waals surface area contributed by atoms with Crippen LogP contribution in [-0.4, -0.2) is 34.3 Å². The van der Waals surface area contributed by atoms with E-state index in [1.165, 1.54) is 0 Å². The number of carbonyl (C=O) groups is 1. The minimum Gasteiger partial charge on any atom is -0.497 e. The molecule has 0 radical (unpaired) electrons. The molecular weight excluding hydrogens is 280 g/mol. The molecule has 0 aliphatic carbocycles. The monoisotopic (exact) mass is 298 g/mol. The lowest BCUT2D eigenvalue weighted by atomic mass is 10.1. The number of methoxy groups -OCH3 is 1. The molecule has 0 fully saturated rings. The summed E-state index contributed by atoms with van der Waals surface area (Å²) in [4.78, 5) is 15.3. The zero-order chi connectivity index (χ0) is 15.5. The Morgan fingerprint density at radius 2 is 2.27 bits per heavy atom. The van der Waals surface area contributed by atoms with Crippen LogP contribution in [0, 0.1) is 0 Å². The Morgan fingerprint density at radius 3 is 3.00 bits per heavy atom. The van der Waals surface area contributed by atoms with Crippen LogP contribution in [0.3, 0.4) is 0 Å². The van der Waals surface area contributed by atoms with Crippen molar-refractivity contribution in [1.29, 1.82) is 0 Å². The largest absolute Gasteiger partial charge is 0.497 e. The summed E-state index contributed by atoms with van der Waals surface area (Å²) in [6.45, 7) is 0.564. The Hall–Kier alpha value is -2.76. The average Bonchev–Trinajstić information content (AvgIpc) is 3.13. The molecule has 114 valence electrons. The number of aromatic amines is 1. The van der Waals surface area contributed by atoms with E-state index >= 15 is 0 Å². The van der Waals surface area contributed by atoms with Crippen LogP contribution in [-0.2, 0) is 13.5 Å². The number of aryl methyl sites for hydroxylation is 1. The fraction of sp³-hybridized carbons (Fsp3) is 0.250. The number of carbonyl (C=O) groups excluding carboxylic acids is 1. The second-order valence-corrected chi connectivity index (χ2v) is 5.07. The highest BCUT2D eigenvalue weighted by molar-refractivity contribution is 5.92. The smallest absolute Gasteiger partial charge is 0.269 e. The lowest BCUT2D eigenvalue weighted by Crippen LogP contribution is -2.27. The molecule has 3 rings (SSSR count). The molecule has 0 atom stereocenters. The Labute approximate surface area is 128 Å². The standard InChI is InChI=1S/C16H18N4O2/c1-20-15(6-8-19-20)16(21)17-7-5-11-10-18-14-4-3-12(22-2)9-13(11)14/h3-4,6,8-10,18H,5,7H2,1-2H3,(H,17,21). The van der Waals surface area contributed by atoms with Gasteiger partial charge in [0, 0.05) is 36.9 Å². The van der Waals surface area contributed by atoms with Crippen LogP contribution in [0.5, 0.6) is 5.75 Å². The van der Waals surface area contributed by atoms with Crippen LogP contribution in [0.1, 0.15) is 16.1 Å². The number of aromatic nitrogens is 3. The van der Waals surface area contributed by atoms with Crippen LogP contribution in [0.15, 0.2) is 36.7 Å². The number of nitrogens with one attached hydrogen (secondary N) is 2. The highest BCUT2D eigenvalue weighted by atomic mass is 16.5. The molecule has 2 heterocycles. The summed E-state index contributed by atoms with van der Waals surface area (Å²) in [6, 6.07) is 7.62. The van der Waals surface area contributed by atoms with E-state index in [1.54, 1.807) is 31.1 Å². The lowest BCUT2D eigenvalue weighted by Gasteiger charge is -2.05. The first-order valence-corrected chi connectivity index (χ1v) is 7.09. The lowest BCUT2D eigenvalue weighted by molar-refractivity contribution is 0.0945. The predicted molar refractivity (Wildman–Crippen MR) is 84.1 cm³/mol. The minimum absolute atomic E-state index is 0.113. The van der Waals surface area contributed by atoms with Gasteiger partial charge in [0.25, 0.3) is 5.91 Å². The van der Waals surface area contributed by atoms with Crippen molar-refractivity contribution in [2.75, 3.05) is 13.7 Å². The van der Waals surface area contributed by atoms with Crippen molar-refractivity contribution in [2.24, 2.45) is 7.05 Å². The number of hydrogen-bond donors (Lipinski definition) is 2. The van der Waals surface area contributed by atoms with Crippen molar-refractivity contribution in [3.8, 4) is 5.75 Å². The van der Waals surface area contributed by atoms with Gasteiger partial charge in [0.15, 0.2) is 0 Å². The van der Waals surface area contributed by atoms with E-state index in [1.807, 2.05) is 24.4 Å². The van der Waals surface area contributed by atoms with Crippen molar-refractivity contribution >= 4 is 16.8 Å². The third-order valence-electron chi connectivity index (χ3n) is 3.71. The molecule has 0 aliphatic heterocycles. The van der Waals surface area contributed by atoms with E-state index in [2.05, 4.69) is 15.4 Å². The summed E-state index contributed by atoms with van der Waals surface area (Å²) in [5.74, 6) is 0.713. The summed E-state index contributed by atoms with van der Waals surface area (Å²) >= 11 is 0. The fourth-order valence-corrected chi connectivity index (χ4v) is 2.49. The molecule has 0 aliphatic rings. The van der Waals surface area contributed by atoms with Crippen molar-refractivity contribution in [2.45, 2.75) is 6.42 Å². The van der Waals surface area contributed by atoms with Crippen LogP contribution >= 0.6 is 0 Å². The van der Waals surface area contributed by atoms with Gasteiger partial charge >= 0.3 is 0 Å². The van der Waals surface area contributed by atoms with E-state index in [4.69, 9.17) is 4.74 Å². The van der Waals surface area contributed by atoms with E-state index < -0.39 is 0 Å².